The monoisotopic (exact) mass is 287 g/mol. The van der Waals surface area contributed by atoms with Crippen LogP contribution in [0.15, 0.2) is 35.8 Å². The van der Waals surface area contributed by atoms with Crippen LogP contribution in [-0.2, 0) is 6.54 Å². The third kappa shape index (κ3) is 2.82. The highest BCUT2D eigenvalue weighted by Gasteiger charge is 2.33. The van der Waals surface area contributed by atoms with Gasteiger partial charge in [-0.25, -0.2) is 4.98 Å². The van der Waals surface area contributed by atoms with Gasteiger partial charge < -0.3 is 10.2 Å². The fraction of sp³-hybridized carbons (Fsp3) is 0.333. The number of nitrogens with one attached hydrogen (secondary N) is 1. The Balaban J connectivity index is 1.81. The second-order valence-electron chi connectivity index (χ2n) is 4.92. The third-order valence-electron chi connectivity index (χ3n) is 3.42. The van der Waals surface area contributed by atoms with Gasteiger partial charge in [0, 0.05) is 29.7 Å². The molecule has 1 fully saturated rings. The molecule has 0 unspecified atom stereocenters. The van der Waals surface area contributed by atoms with Crippen LogP contribution in [0.4, 0.5) is 5.82 Å². The molecule has 1 saturated carbocycles. The van der Waals surface area contributed by atoms with Crippen LogP contribution in [0.3, 0.4) is 0 Å². The van der Waals surface area contributed by atoms with Crippen LogP contribution in [0.2, 0.25) is 0 Å². The Morgan fingerprint density at radius 3 is 3.00 bits per heavy atom. The summed E-state index contributed by atoms with van der Waals surface area (Å²) in [6.07, 6.45) is 3.90. The lowest BCUT2D eigenvalue weighted by molar-refractivity contribution is 0.0731. The molecular weight excluding hydrogens is 270 g/mol. The van der Waals surface area contributed by atoms with Gasteiger partial charge in [-0.3, -0.25) is 4.79 Å². The van der Waals surface area contributed by atoms with Gasteiger partial charge in [0.25, 0.3) is 5.91 Å². The first-order valence-electron chi connectivity index (χ1n) is 6.75. The largest absolute Gasteiger partial charge is 0.373 e. The first-order valence-corrected chi connectivity index (χ1v) is 7.63. The van der Waals surface area contributed by atoms with Crippen molar-refractivity contribution in [2.45, 2.75) is 25.4 Å². The van der Waals surface area contributed by atoms with E-state index in [0.717, 1.165) is 18.7 Å². The second kappa shape index (κ2) is 5.63. The predicted octanol–water partition coefficient (Wildman–Crippen LogP) is 2.99. The number of anilines is 1. The molecule has 0 bridgehead atoms. The van der Waals surface area contributed by atoms with Crippen molar-refractivity contribution in [1.82, 2.24) is 9.88 Å². The number of hydrogen-bond donors (Lipinski definition) is 1. The first kappa shape index (κ1) is 13.1. The lowest BCUT2D eigenvalue weighted by atomic mass is 10.2. The predicted molar refractivity (Wildman–Crippen MR) is 81.0 cm³/mol. The summed E-state index contributed by atoms with van der Waals surface area (Å²) in [5.74, 6) is 0.822. The van der Waals surface area contributed by atoms with E-state index in [4.69, 9.17) is 0 Å². The summed E-state index contributed by atoms with van der Waals surface area (Å²) >= 11 is 1.70. The second-order valence-corrected chi connectivity index (χ2v) is 5.96. The van der Waals surface area contributed by atoms with Crippen LogP contribution in [0.1, 0.15) is 28.1 Å². The zero-order valence-corrected chi connectivity index (χ0v) is 12.2. The minimum absolute atomic E-state index is 0.0970. The molecule has 0 atom stereocenters. The van der Waals surface area contributed by atoms with Gasteiger partial charge in [-0.2, -0.15) is 0 Å². The summed E-state index contributed by atoms with van der Waals surface area (Å²) in [6.45, 7) is 0.707. The number of pyridine rings is 1. The molecule has 2 aromatic heterocycles. The normalized spacial score (nSPS) is 14.1. The maximum Gasteiger partial charge on any atom is 0.254 e. The van der Waals surface area contributed by atoms with Gasteiger partial charge in [-0.1, -0.05) is 6.07 Å². The lowest BCUT2D eigenvalue weighted by Gasteiger charge is -2.22. The molecule has 0 aromatic carbocycles. The molecule has 1 N–H and O–H groups in total. The third-order valence-corrected chi connectivity index (χ3v) is 4.28. The summed E-state index contributed by atoms with van der Waals surface area (Å²) in [7, 11) is 1.81. The number of hydrogen-bond acceptors (Lipinski definition) is 4. The highest BCUT2D eigenvalue weighted by molar-refractivity contribution is 7.09. The van der Waals surface area contributed by atoms with Gasteiger partial charge in [0.1, 0.15) is 5.82 Å². The van der Waals surface area contributed by atoms with Crippen molar-refractivity contribution < 1.29 is 4.79 Å². The van der Waals surface area contributed by atoms with Gasteiger partial charge >= 0.3 is 0 Å². The average molecular weight is 287 g/mol. The fourth-order valence-electron chi connectivity index (χ4n) is 2.19. The minimum Gasteiger partial charge on any atom is -0.373 e. The minimum atomic E-state index is 0.0970. The van der Waals surface area contributed by atoms with Crippen molar-refractivity contribution >= 4 is 23.1 Å². The molecule has 20 heavy (non-hydrogen) atoms. The van der Waals surface area contributed by atoms with Crippen molar-refractivity contribution in [2.24, 2.45) is 0 Å². The Labute approximate surface area is 122 Å². The van der Waals surface area contributed by atoms with Crippen LogP contribution in [0.25, 0.3) is 0 Å². The number of nitrogens with zero attached hydrogens (tertiary/aromatic N) is 2. The quantitative estimate of drug-likeness (QED) is 0.919. The molecule has 4 nitrogen and oxygen atoms in total. The van der Waals surface area contributed by atoms with E-state index < -0.39 is 0 Å². The van der Waals surface area contributed by atoms with Crippen molar-refractivity contribution in [3.8, 4) is 0 Å². The summed E-state index contributed by atoms with van der Waals surface area (Å²) in [5.41, 5.74) is 0.702. The lowest BCUT2D eigenvalue weighted by Crippen LogP contribution is -2.32. The van der Waals surface area contributed by atoms with E-state index in [2.05, 4.69) is 21.7 Å². The number of carbonyl (C=O) groups is 1. The van der Waals surface area contributed by atoms with Gasteiger partial charge in [-0.15, -0.1) is 11.3 Å². The zero-order chi connectivity index (χ0) is 13.9. The van der Waals surface area contributed by atoms with E-state index in [0.29, 0.717) is 18.2 Å². The van der Waals surface area contributed by atoms with E-state index >= 15 is 0 Å². The Morgan fingerprint density at radius 1 is 1.50 bits per heavy atom. The molecule has 2 aromatic rings. The molecule has 0 aliphatic heterocycles. The summed E-state index contributed by atoms with van der Waals surface area (Å²) in [5, 5.41) is 5.02. The molecule has 0 saturated heterocycles. The van der Waals surface area contributed by atoms with E-state index in [1.807, 2.05) is 17.0 Å². The zero-order valence-electron chi connectivity index (χ0n) is 11.4. The Morgan fingerprint density at radius 2 is 2.35 bits per heavy atom. The summed E-state index contributed by atoms with van der Waals surface area (Å²) in [6, 6.07) is 8.11. The van der Waals surface area contributed by atoms with Crippen molar-refractivity contribution in [3.63, 3.8) is 0 Å². The SMILES string of the molecule is CNc1cc(C(=O)N(Cc2cccs2)C2CC2)ccn1. The Hall–Kier alpha value is -1.88. The van der Waals surface area contributed by atoms with Crippen molar-refractivity contribution in [3.05, 3.63) is 46.3 Å². The van der Waals surface area contributed by atoms with Crippen LogP contribution >= 0.6 is 11.3 Å². The molecule has 104 valence electrons. The standard InChI is InChI=1S/C15H17N3OS/c1-16-14-9-11(6-7-17-14)15(19)18(12-4-5-12)10-13-3-2-8-20-13/h2-3,6-9,12H,4-5,10H2,1H3,(H,16,17). The molecule has 1 aliphatic rings. The fourth-order valence-corrected chi connectivity index (χ4v) is 2.89. The molecular formula is C15H17N3OS. The molecule has 5 heteroatoms. The van der Waals surface area contributed by atoms with Crippen molar-refractivity contribution in [1.29, 1.82) is 0 Å². The number of carbonyl (C=O) groups excluding carboxylic acids is 1. The van der Waals surface area contributed by atoms with Crippen LogP contribution in [0.5, 0.6) is 0 Å². The highest BCUT2D eigenvalue weighted by atomic mass is 32.1. The maximum absolute atomic E-state index is 12.7. The smallest absolute Gasteiger partial charge is 0.254 e. The number of amides is 1. The topological polar surface area (TPSA) is 45.2 Å². The van der Waals surface area contributed by atoms with E-state index in [9.17, 15) is 4.79 Å². The maximum atomic E-state index is 12.7. The van der Waals surface area contributed by atoms with Gasteiger partial charge in [0.2, 0.25) is 0 Å². The molecule has 1 amide bonds. The van der Waals surface area contributed by atoms with Crippen LogP contribution < -0.4 is 5.32 Å². The van der Waals surface area contributed by atoms with E-state index in [1.54, 1.807) is 30.6 Å². The van der Waals surface area contributed by atoms with Gasteiger partial charge in [-0.05, 0) is 36.4 Å². The number of thiophene rings is 1. The molecule has 3 rings (SSSR count). The molecule has 2 heterocycles. The molecule has 0 radical (unpaired) electrons. The van der Waals surface area contributed by atoms with Crippen LogP contribution in [-0.4, -0.2) is 28.9 Å². The van der Waals surface area contributed by atoms with E-state index in [-0.39, 0.29) is 5.91 Å². The first-order chi connectivity index (χ1) is 9.78. The number of rotatable bonds is 5. The summed E-state index contributed by atoms with van der Waals surface area (Å²) < 4.78 is 0. The Kier molecular flexibility index (Phi) is 3.69. The Bertz CT molecular complexity index is 593. The highest BCUT2D eigenvalue weighted by Crippen LogP contribution is 2.30. The number of aromatic nitrogens is 1. The van der Waals surface area contributed by atoms with Gasteiger partial charge in [0.15, 0.2) is 0 Å². The molecule has 1 aliphatic carbocycles. The summed E-state index contributed by atoms with van der Waals surface area (Å²) in [4.78, 5) is 20.1. The van der Waals surface area contributed by atoms with Crippen LogP contribution in [0, 0.1) is 0 Å². The average Bonchev–Trinajstić information content (AvgIpc) is 3.20. The molecule has 0 spiro atoms. The van der Waals surface area contributed by atoms with Crippen molar-refractivity contribution in [2.75, 3.05) is 12.4 Å². The van der Waals surface area contributed by atoms with Gasteiger partial charge in [0.05, 0.1) is 6.54 Å². The van der Waals surface area contributed by atoms with E-state index in [1.165, 1.54) is 4.88 Å².